The van der Waals surface area contributed by atoms with Gasteiger partial charge in [-0.3, -0.25) is 0 Å². The van der Waals surface area contributed by atoms with Gasteiger partial charge in [0.05, 0.1) is 62.2 Å². The van der Waals surface area contributed by atoms with Gasteiger partial charge in [0.1, 0.15) is 0 Å². The quantitative estimate of drug-likeness (QED) is 0.0851. The first-order valence-corrected chi connectivity index (χ1v) is 40.8. The number of hydrogen-bond acceptors (Lipinski definition) is 2. The van der Waals surface area contributed by atoms with Crippen LogP contribution < -0.4 is 9.80 Å². The van der Waals surface area contributed by atoms with Crippen LogP contribution in [-0.2, 0) is 0 Å². The second-order valence-electron chi connectivity index (χ2n) is 29.8. The molecule has 0 saturated carbocycles. The van der Waals surface area contributed by atoms with E-state index in [0.717, 1.165) is 121 Å². The highest BCUT2D eigenvalue weighted by atomic mass is 15.2. The van der Waals surface area contributed by atoms with Crippen molar-refractivity contribution in [1.29, 1.82) is 0 Å². The Morgan fingerprint density at radius 1 is 0.161 bits per heavy atom. The summed E-state index contributed by atoms with van der Waals surface area (Å²) in [6.45, 7) is 0. The van der Waals surface area contributed by atoms with E-state index in [1.54, 1.807) is 60.7 Å². The van der Waals surface area contributed by atoms with Crippen molar-refractivity contribution in [3.05, 3.63) is 509 Å². The first-order valence-electron chi connectivity index (χ1n) is 51.3. The predicted octanol–water partition coefficient (Wildman–Crippen LogP) is 33.2. The van der Waals surface area contributed by atoms with E-state index in [2.05, 4.69) is 112 Å². The highest BCUT2D eigenvalue weighted by molar-refractivity contribution is 6.12. The summed E-state index contributed by atoms with van der Waals surface area (Å²) in [5.74, 6) is 0. The maximum absolute atomic E-state index is 9.81. The van der Waals surface area contributed by atoms with E-state index in [0.29, 0.717) is 27.9 Å². The number of benzene rings is 20. The minimum absolute atomic E-state index is 0.0369. The van der Waals surface area contributed by atoms with Crippen LogP contribution in [0.15, 0.2) is 509 Å². The molecule has 22 aromatic rings. The number of aromatic nitrogens is 2. The summed E-state index contributed by atoms with van der Waals surface area (Å²) in [6, 6.07) is 112. The first kappa shape index (κ1) is 55.4. The summed E-state index contributed by atoms with van der Waals surface area (Å²) < 4.78 is 198. The van der Waals surface area contributed by atoms with Crippen LogP contribution in [0.1, 0.15) is 28.8 Å². The molecule has 4 nitrogen and oxygen atoms in total. The van der Waals surface area contributed by atoms with Gasteiger partial charge in [-0.05, 0) is 221 Å². The maximum Gasteiger partial charge on any atom is 0.0645 e. The van der Waals surface area contributed by atoms with Crippen LogP contribution in [0.2, 0.25) is 0 Å². The second-order valence-corrected chi connectivity index (χ2v) is 29.8. The van der Waals surface area contributed by atoms with Crippen LogP contribution in [0.25, 0.3) is 166 Å². The Balaban J connectivity index is 0.000000173. The predicted molar refractivity (Wildman–Crippen MR) is 525 cm³/mol. The fourth-order valence-corrected chi connectivity index (χ4v) is 16.4. The van der Waals surface area contributed by atoms with Gasteiger partial charge in [-0.1, -0.05) is 388 Å². The number of nitrogens with zero attached hydrogens (tertiary/aromatic N) is 4. The Hall–Kier alpha value is -16.4. The zero-order valence-corrected chi connectivity index (χ0v) is 66.7. The Morgan fingerprint density at radius 3 is 0.823 bits per heavy atom. The van der Waals surface area contributed by atoms with E-state index >= 15 is 0 Å². The molecule has 4 heteroatoms. The van der Waals surface area contributed by atoms with Gasteiger partial charge in [0.25, 0.3) is 0 Å². The molecule has 0 radical (unpaired) electrons. The van der Waals surface area contributed by atoms with Crippen LogP contribution in [-0.4, -0.2) is 9.13 Å². The van der Waals surface area contributed by atoms with Gasteiger partial charge < -0.3 is 18.9 Å². The average Bonchev–Trinajstić information content (AvgIpc) is 1.02. The van der Waals surface area contributed by atoms with E-state index in [1.165, 1.54) is 0 Å². The Kier molecular flexibility index (Phi) is 15.1. The van der Waals surface area contributed by atoms with Crippen LogP contribution in [0, 0.1) is 0 Å². The molecule has 22 rings (SSSR count). The molecule has 0 amide bonds. The van der Waals surface area contributed by atoms with Crippen molar-refractivity contribution in [1.82, 2.24) is 9.13 Å². The number of para-hydroxylation sites is 4. The average molecular weight is 1600 g/mol. The molecule has 0 bridgehead atoms. The van der Waals surface area contributed by atoms with Crippen molar-refractivity contribution < 1.29 is 28.8 Å². The van der Waals surface area contributed by atoms with Crippen molar-refractivity contribution in [3.63, 3.8) is 0 Å². The number of hydrogen-bond donors (Lipinski definition) is 0. The summed E-state index contributed by atoms with van der Waals surface area (Å²) in [4.78, 5) is 3.05. The molecule has 584 valence electrons. The van der Waals surface area contributed by atoms with Crippen molar-refractivity contribution in [2.75, 3.05) is 9.80 Å². The topological polar surface area (TPSA) is 16.3 Å². The lowest BCUT2D eigenvalue weighted by Gasteiger charge is -2.28. The summed E-state index contributed by atoms with van der Waals surface area (Å²) in [5.41, 5.74) is 16.8. The fraction of sp³-hybridized carbons (Fsp3) is 0. The van der Waals surface area contributed by atoms with Gasteiger partial charge in [0.15, 0.2) is 0 Å². The zero-order chi connectivity index (χ0) is 101. The third kappa shape index (κ3) is 15.0. The van der Waals surface area contributed by atoms with E-state index in [9.17, 15) is 16.4 Å². The van der Waals surface area contributed by atoms with Gasteiger partial charge >= 0.3 is 0 Å². The van der Waals surface area contributed by atoms with E-state index in [-0.39, 0.29) is 46.7 Å². The zero-order valence-electron chi connectivity index (χ0n) is 87.7. The minimum Gasteiger partial charge on any atom is -0.310 e. The van der Waals surface area contributed by atoms with Gasteiger partial charge in [-0.25, -0.2) is 0 Å². The summed E-state index contributed by atoms with van der Waals surface area (Å²) in [7, 11) is 0. The van der Waals surface area contributed by atoms with Gasteiger partial charge in [0, 0.05) is 66.8 Å². The summed E-state index contributed by atoms with van der Waals surface area (Å²) in [6.07, 6.45) is 0. The molecule has 0 atom stereocenters. The van der Waals surface area contributed by atoms with E-state index in [4.69, 9.17) is 12.3 Å². The molecule has 0 fully saturated rings. The van der Waals surface area contributed by atoms with Gasteiger partial charge in [-0.15, -0.1) is 0 Å². The van der Waals surface area contributed by atoms with Crippen molar-refractivity contribution >= 4 is 77.7 Å². The maximum atomic E-state index is 9.81. The summed E-state index contributed by atoms with van der Waals surface area (Å²) in [5, 5.41) is 3.66. The molecule has 0 saturated heterocycles. The lowest BCUT2D eigenvalue weighted by molar-refractivity contribution is 1.18. The van der Waals surface area contributed by atoms with Crippen molar-refractivity contribution in [2.24, 2.45) is 0 Å². The second kappa shape index (κ2) is 33.8. The van der Waals surface area contributed by atoms with E-state index < -0.39 is 136 Å². The molecule has 0 aliphatic heterocycles. The van der Waals surface area contributed by atoms with Crippen LogP contribution in [0.4, 0.5) is 34.1 Å². The molecule has 0 spiro atoms. The number of fused-ring (bicyclic) bond motifs is 6. The number of rotatable bonds is 18. The Morgan fingerprint density at radius 2 is 0.427 bits per heavy atom. The molecule has 0 aliphatic rings. The van der Waals surface area contributed by atoms with Gasteiger partial charge in [0.2, 0.25) is 0 Å². The lowest BCUT2D eigenvalue weighted by Crippen LogP contribution is -2.11. The highest BCUT2D eigenvalue weighted by Crippen LogP contribution is 2.47. The molecule has 2 heterocycles. The normalized spacial score (nSPS) is 13.6. The van der Waals surface area contributed by atoms with Crippen LogP contribution in [0.3, 0.4) is 0 Å². The fourth-order valence-electron chi connectivity index (χ4n) is 16.4. The van der Waals surface area contributed by atoms with Crippen LogP contribution >= 0.6 is 0 Å². The molecule has 2 aromatic heterocycles. The first-order chi connectivity index (χ1) is 70.3. The van der Waals surface area contributed by atoms with Crippen LogP contribution in [0.5, 0.6) is 0 Å². The molecule has 0 aliphatic carbocycles. The molecule has 124 heavy (non-hydrogen) atoms. The Labute approximate surface area is 753 Å². The van der Waals surface area contributed by atoms with E-state index in [1.807, 2.05) is 223 Å². The summed E-state index contributed by atoms with van der Waals surface area (Å²) >= 11 is 0. The van der Waals surface area contributed by atoms with Crippen molar-refractivity contribution in [3.8, 4) is 123 Å². The molecular weight excluding hydrogens is 1500 g/mol. The SMILES string of the molecule is [2H]c1c([2H])c(N(c2ccc(-c3ccc(-c4ccccc4)cc3)cc2)c2ccccc2-c2ccccc2)c([2H])c([2H])c1-c1ccc2c(c1)c1ccccc1n2-c1cccc(-c2ccccc2)c1.[2H]c1c([2H])c([2H])c(-c2c([2H])c([2H])c(-c3c([2H])c([2H])c(N(c4ccccc4-c4ccccc4)c4c([2H])c([2H])c(-c5ccc6c(c5)c5ccccc5n6-c5cccc(-c6ccccc6)c5)c([2H])c4[2H])c([2H])c3[2H])c([2H])c2[2H])c([2H])c1[2H]. The smallest absolute Gasteiger partial charge is 0.0645 e. The molecule has 0 unspecified atom stereocenters. The number of anilines is 6. The molecule has 0 N–H and O–H groups in total. The Bertz CT molecular complexity index is 8790. The third-order valence-corrected chi connectivity index (χ3v) is 22.4. The molecule has 20 aromatic carbocycles. The monoisotopic (exact) mass is 1600 g/mol. The minimum atomic E-state index is -0.877. The van der Waals surface area contributed by atoms with Crippen molar-refractivity contribution in [2.45, 2.75) is 0 Å². The van der Waals surface area contributed by atoms with Gasteiger partial charge in [-0.2, -0.15) is 0 Å². The third-order valence-electron chi connectivity index (χ3n) is 22.4. The largest absolute Gasteiger partial charge is 0.310 e. The standard InChI is InChI=1S/2C60H42N2/c2*1-4-15-43(16-5-1)45-27-29-46(30-28-45)47-31-36-52(37-32-47)61(58-25-12-10-23-55(58)49-19-8-3-9-20-49)53-38-33-48(34-39-53)51-35-40-60-57(42-51)56-24-11-13-26-59(56)62(60)54-22-14-21-50(41-54)44-17-6-2-7-18-44/h2*1-42H/i1D,4D,5D,15D,16D,27D,28D,29D,30D,31D,32D,33D,34D,36D,37D,38D,39D;33D,34D,38D,39D. The lowest BCUT2D eigenvalue weighted by atomic mass is 9.99. The molecular formula is C120H84N4. The highest BCUT2D eigenvalue weighted by Gasteiger charge is 2.23.